The van der Waals surface area contributed by atoms with Gasteiger partial charge in [-0.05, 0) is 34.0 Å². The standard InChI is InChI=1S/C10H14BrN/c1-8(2)7-12-10-6-4-3-5-9(10)11/h3-6,8,12H,7H2,1-2H3. The summed E-state index contributed by atoms with van der Waals surface area (Å²) >= 11 is 3.48. The number of nitrogens with one attached hydrogen (secondary N) is 1. The third-order valence-corrected chi connectivity index (χ3v) is 2.27. The molecule has 0 radical (unpaired) electrons. The molecule has 0 amide bonds. The van der Waals surface area contributed by atoms with Crippen LogP contribution in [0.4, 0.5) is 5.69 Å². The first-order valence-corrected chi connectivity index (χ1v) is 4.98. The average molecular weight is 228 g/mol. The zero-order valence-corrected chi connectivity index (χ0v) is 9.06. The van der Waals surface area contributed by atoms with Crippen LogP contribution in [-0.4, -0.2) is 6.54 Å². The second kappa shape index (κ2) is 4.51. The SMILES string of the molecule is CC(C)CNc1ccccc1Br. The molecule has 0 aliphatic rings. The van der Waals surface area contributed by atoms with E-state index in [0.29, 0.717) is 5.92 Å². The van der Waals surface area contributed by atoms with Crippen LogP contribution in [0, 0.1) is 5.92 Å². The van der Waals surface area contributed by atoms with E-state index in [2.05, 4.69) is 41.2 Å². The lowest BCUT2D eigenvalue weighted by Crippen LogP contribution is -2.07. The topological polar surface area (TPSA) is 12.0 Å². The van der Waals surface area contributed by atoms with Gasteiger partial charge in [-0.25, -0.2) is 0 Å². The van der Waals surface area contributed by atoms with E-state index in [1.165, 1.54) is 5.69 Å². The predicted molar refractivity (Wildman–Crippen MR) is 57.5 cm³/mol. The quantitative estimate of drug-likeness (QED) is 0.834. The third kappa shape index (κ3) is 2.86. The molecule has 1 nitrogen and oxygen atoms in total. The Morgan fingerprint density at radius 1 is 1.33 bits per heavy atom. The largest absolute Gasteiger partial charge is 0.384 e. The number of hydrogen-bond acceptors (Lipinski definition) is 1. The minimum atomic E-state index is 0.678. The molecule has 0 heterocycles. The molecule has 0 saturated carbocycles. The van der Waals surface area contributed by atoms with Gasteiger partial charge in [-0.2, -0.15) is 0 Å². The molecule has 12 heavy (non-hydrogen) atoms. The van der Waals surface area contributed by atoms with Gasteiger partial charge in [0.2, 0.25) is 0 Å². The molecular weight excluding hydrogens is 214 g/mol. The molecule has 0 unspecified atom stereocenters. The fourth-order valence-electron chi connectivity index (χ4n) is 0.919. The number of anilines is 1. The Balaban J connectivity index is 2.57. The molecule has 0 spiro atoms. The molecular formula is C10H14BrN. The lowest BCUT2D eigenvalue weighted by atomic mass is 10.2. The van der Waals surface area contributed by atoms with Crippen molar-refractivity contribution in [3.05, 3.63) is 28.7 Å². The van der Waals surface area contributed by atoms with Gasteiger partial charge >= 0.3 is 0 Å². The summed E-state index contributed by atoms with van der Waals surface area (Å²) in [6, 6.07) is 8.17. The number of hydrogen-bond donors (Lipinski definition) is 1. The molecule has 0 aliphatic heterocycles. The predicted octanol–water partition coefficient (Wildman–Crippen LogP) is 3.52. The van der Waals surface area contributed by atoms with Crippen molar-refractivity contribution in [3.63, 3.8) is 0 Å². The van der Waals surface area contributed by atoms with Gasteiger partial charge in [0.15, 0.2) is 0 Å². The van der Waals surface area contributed by atoms with Crippen LogP contribution in [0.15, 0.2) is 28.7 Å². The maximum atomic E-state index is 3.48. The minimum Gasteiger partial charge on any atom is -0.384 e. The fraction of sp³-hybridized carbons (Fsp3) is 0.400. The van der Waals surface area contributed by atoms with Gasteiger partial charge in [-0.1, -0.05) is 26.0 Å². The summed E-state index contributed by atoms with van der Waals surface area (Å²) in [6.07, 6.45) is 0. The van der Waals surface area contributed by atoms with E-state index in [1.54, 1.807) is 0 Å². The van der Waals surface area contributed by atoms with Crippen molar-refractivity contribution in [1.29, 1.82) is 0 Å². The van der Waals surface area contributed by atoms with Crippen LogP contribution < -0.4 is 5.32 Å². The van der Waals surface area contributed by atoms with E-state index in [0.717, 1.165) is 11.0 Å². The fourth-order valence-corrected chi connectivity index (χ4v) is 1.34. The first-order valence-electron chi connectivity index (χ1n) is 4.18. The van der Waals surface area contributed by atoms with Crippen LogP contribution >= 0.6 is 15.9 Å². The van der Waals surface area contributed by atoms with Gasteiger partial charge in [0.05, 0.1) is 0 Å². The molecule has 1 rings (SSSR count). The van der Waals surface area contributed by atoms with Crippen molar-refractivity contribution in [3.8, 4) is 0 Å². The molecule has 2 heteroatoms. The van der Waals surface area contributed by atoms with E-state index < -0.39 is 0 Å². The maximum absolute atomic E-state index is 3.48. The first kappa shape index (κ1) is 9.59. The lowest BCUT2D eigenvalue weighted by Gasteiger charge is -2.09. The van der Waals surface area contributed by atoms with Gasteiger partial charge < -0.3 is 5.32 Å². The summed E-state index contributed by atoms with van der Waals surface area (Å²) in [5.41, 5.74) is 1.17. The monoisotopic (exact) mass is 227 g/mol. The number of para-hydroxylation sites is 1. The number of rotatable bonds is 3. The Hall–Kier alpha value is -0.500. The van der Waals surface area contributed by atoms with Crippen molar-refractivity contribution in [1.82, 2.24) is 0 Å². The first-order chi connectivity index (χ1) is 5.70. The summed E-state index contributed by atoms with van der Waals surface area (Å²) in [4.78, 5) is 0. The molecule has 0 aliphatic carbocycles. The summed E-state index contributed by atoms with van der Waals surface area (Å²) in [5.74, 6) is 0.678. The molecule has 1 aromatic rings. The Labute approximate surface area is 82.3 Å². The lowest BCUT2D eigenvalue weighted by molar-refractivity contribution is 0.688. The van der Waals surface area contributed by atoms with Crippen LogP contribution in [0.1, 0.15) is 13.8 Å². The van der Waals surface area contributed by atoms with Gasteiger partial charge in [-0.15, -0.1) is 0 Å². The highest BCUT2D eigenvalue weighted by atomic mass is 79.9. The smallest absolute Gasteiger partial charge is 0.0484 e. The molecule has 1 aromatic carbocycles. The molecule has 0 atom stereocenters. The average Bonchev–Trinajstić information content (AvgIpc) is 2.03. The molecule has 0 aromatic heterocycles. The molecule has 0 bridgehead atoms. The second-order valence-corrected chi connectivity index (χ2v) is 4.11. The zero-order chi connectivity index (χ0) is 8.97. The maximum Gasteiger partial charge on any atom is 0.0484 e. The van der Waals surface area contributed by atoms with Crippen LogP contribution in [0.25, 0.3) is 0 Å². The molecule has 0 saturated heterocycles. The molecule has 0 fully saturated rings. The van der Waals surface area contributed by atoms with Crippen LogP contribution in [0.2, 0.25) is 0 Å². The van der Waals surface area contributed by atoms with Gasteiger partial charge in [0, 0.05) is 16.7 Å². The third-order valence-electron chi connectivity index (χ3n) is 1.57. The number of benzene rings is 1. The highest BCUT2D eigenvalue weighted by Gasteiger charge is 1.97. The normalized spacial score (nSPS) is 10.3. The zero-order valence-electron chi connectivity index (χ0n) is 7.47. The van der Waals surface area contributed by atoms with E-state index in [4.69, 9.17) is 0 Å². The Bertz CT molecular complexity index is 245. The molecule has 66 valence electrons. The van der Waals surface area contributed by atoms with Crippen molar-refractivity contribution >= 4 is 21.6 Å². The summed E-state index contributed by atoms with van der Waals surface area (Å²) in [5, 5.41) is 3.37. The van der Waals surface area contributed by atoms with Gasteiger partial charge in [0.25, 0.3) is 0 Å². The highest BCUT2D eigenvalue weighted by Crippen LogP contribution is 2.21. The van der Waals surface area contributed by atoms with Gasteiger partial charge in [-0.3, -0.25) is 0 Å². The number of halogens is 1. The van der Waals surface area contributed by atoms with Crippen LogP contribution in [0.3, 0.4) is 0 Å². The van der Waals surface area contributed by atoms with Gasteiger partial charge in [0.1, 0.15) is 0 Å². The van der Waals surface area contributed by atoms with Crippen molar-refractivity contribution in [2.24, 2.45) is 5.92 Å². The molecule has 1 N–H and O–H groups in total. The van der Waals surface area contributed by atoms with Crippen LogP contribution in [0.5, 0.6) is 0 Å². The summed E-state index contributed by atoms with van der Waals surface area (Å²) < 4.78 is 1.13. The summed E-state index contributed by atoms with van der Waals surface area (Å²) in [7, 11) is 0. The highest BCUT2D eigenvalue weighted by molar-refractivity contribution is 9.10. The van der Waals surface area contributed by atoms with Crippen molar-refractivity contribution < 1.29 is 0 Å². The minimum absolute atomic E-state index is 0.678. The van der Waals surface area contributed by atoms with Crippen molar-refractivity contribution in [2.75, 3.05) is 11.9 Å². The van der Waals surface area contributed by atoms with E-state index in [9.17, 15) is 0 Å². The van der Waals surface area contributed by atoms with Crippen LogP contribution in [-0.2, 0) is 0 Å². The van der Waals surface area contributed by atoms with Crippen molar-refractivity contribution in [2.45, 2.75) is 13.8 Å². The Kier molecular flexibility index (Phi) is 3.60. The Morgan fingerprint density at radius 3 is 2.58 bits per heavy atom. The van der Waals surface area contributed by atoms with E-state index in [-0.39, 0.29) is 0 Å². The Morgan fingerprint density at radius 2 is 2.00 bits per heavy atom. The van der Waals surface area contributed by atoms with E-state index in [1.807, 2.05) is 18.2 Å². The summed E-state index contributed by atoms with van der Waals surface area (Å²) in [6.45, 7) is 5.41. The van der Waals surface area contributed by atoms with E-state index >= 15 is 0 Å². The second-order valence-electron chi connectivity index (χ2n) is 3.25.